The molecule has 1 heterocycles. The van der Waals surface area contributed by atoms with E-state index in [9.17, 15) is 9.59 Å². The second kappa shape index (κ2) is 8.67. The first kappa shape index (κ1) is 20.2. The third-order valence-electron chi connectivity index (χ3n) is 4.63. The number of carbonyl (C=O) groups is 2. The standard InChI is InChI=1S/C21H20Cl2N2O3/c1-13(24-20(26)8-5-14-3-6-17(22)12-18(14)23)15-4-7-19-16(11-15)9-10-25(19)21(27)28-2/h3-8,11-13H,9-10H2,1-2H3,(H,24,26). The first-order chi connectivity index (χ1) is 13.4. The van der Waals surface area contributed by atoms with Crippen molar-refractivity contribution in [2.75, 3.05) is 18.6 Å². The van der Waals surface area contributed by atoms with Gasteiger partial charge >= 0.3 is 6.09 Å². The molecule has 28 heavy (non-hydrogen) atoms. The molecular formula is C21H20Cl2N2O3. The highest BCUT2D eigenvalue weighted by molar-refractivity contribution is 6.35. The molecule has 2 amide bonds. The molecule has 5 nitrogen and oxygen atoms in total. The van der Waals surface area contributed by atoms with Gasteiger partial charge in [-0.15, -0.1) is 0 Å². The summed E-state index contributed by atoms with van der Waals surface area (Å²) in [4.78, 5) is 25.7. The fourth-order valence-electron chi connectivity index (χ4n) is 3.14. The molecule has 0 saturated carbocycles. The smallest absolute Gasteiger partial charge is 0.414 e. The first-order valence-corrected chi connectivity index (χ1v) is 9.56. The molecule has 7 heteroatoms. The zero-order valence-electron chi connectivity index (χ0n) is 15.5. The molecule has 0 radical (unpaired) electrons. The Balaban J connectivity index is 1.66. The minimum atomic E-state index is -0.362. The Morgan fingerprint density at radius 2 is 2.00 bits per heavy atom. The number of halogens is 2. The summed E-state index contributed by atoms with van der Waals surface area (Å²) >= 11 is 12.0. The Labute approximate surface area is 173 Å². The average molecular weight is 419 g/mol. The van der Waals surface area contributed by atoms with Crippen LogP contribution in [0.5, 0.6) is 0 Å². The number of hydrogen-bond donors (Lipinski definition) is 1. The largest absolute Gasteiger partial charge is 0.452 e. The summed E-state index contributed by atoms with van der Waals surface area (Å²) in [5.74, 6) is -0.227. The van der Waals surface area contributed by atoms with Crippen LogP contribution in [0.3, 0.4) is 0 Å². The van der Waals surface area contributed by atoms with Crippen LogP contribution in [-0.2, 0) is 16.0 Å². The van der Waals surface area contributed by atoms with Crippen LogP contribution in [0.25, 0.3) is 6.08 Å². The number of hydrogen-bond acceptors (Lipinski definition) is 3. The summed E-state index contributed by atoms with van der Waals surface area (Å²) in [5, 5.41) is 3.96. The topological polar surface area (TPSA) is 58.6 Å². The lowest BCUT2D eigenvalue weighted by molar-refractivity contribution is -0.117. The van der Waals surface area contributed by atoms with Gasteiger partial charge in [-0.05, 0) is 54.3 Å². The van der Waals surface area contributed by atoms with Crippen molar-refractivity contribution in [1.29, 1.82) is 0 Å². The number of nitrogens with one attached hydrogen (secondary N) is 1. The van der Waals surface area contributed by atoms with Crippen molar-refractivity contribution in [1.82, 2.24) is 5.32 Å². The number of ether oxygens (including phenoxy) is 1. The van der Waals surface area contributed by atoms with E-state index in [1.54, 1.807) is 29.2 Å². The fourth-order valence-corrected chi connectivity index (χ4v) is 3.61. The summed E-state index contributed by atoms with van der Waals surface area (Å²) in [7, 11) is 1.37. The van der Waals surface area contributed by atoms with Crippen molar-refractivity contribution in [3.05, 3.63) is 69.2 Å². The van der Waals surface area contributed by atoms with Crippen LogP contribution < -0.4 is 10.2 Å². The van der Waals surface area contributed by atoms with E-state index in [0.717, 1.165) is 23.2 Å². The van der Waals surface area contributed by atoms with Gasteiger partial charge in [0.1, 0.15) is 0 Å². The Morgan fingerprint density at radius 3 is 2.71 bits per heavy atom. The van der Waals surface area contributed by atoms with Gasteiger partial charge in [0.25, 0.3) is 0 Å². The van der Waals surface area contributed by atoms with Crippen molar-refractivity contribution >= 4 is 47.0 Å². The summed E-state index contributed by atoms with van der Waals surface area (Å²) in [6.07, 6.45) is 3.49. The van der Waals surface area contributed by atoms with Gasteiger partial charge in [-0.2, -0.15) is 0 Å². The lowest BCUT2D eigenvalue weighted by atomic mass is 10.0. The quantitative estimate of drug-likeness (QED) is 0.709. The number of benzene rings is 2. The van der Waals surface area contributed by atoms with E-state index in [-0.39, 0.29) is 18.0 Å². The lowest BCUT2D eigenvalue weighted by Crippen LogP contribution is -2.28. The van der Waals surface area contributed by atoms with Crippen LogP contribution in [0.15, 0.2) is 42.5 Å². The zero-order valence-corrected chi connectivity index (χ0v) is 17.1. The van der Waals surface area contributed by atoms with Gasteiger partial charge in [-0.1, -0.05) is 41.4 Å². The maximum atomic E-state index is 12.3. The highest BCUT2D eigenvalue weighted by Crippen LogP contribution is 2.31. The predicted octanol–water partition coefficient (Wildman–Crippen LogP) is 5.01. The molecule has 1 unspecified atom stereocenters. The normalized spacial score (nSPS) is 14.1. The molecule has 146 valence electrons. The molecule has 1 aliphatic rings. The molecule has 2 aromatic rings. The zero-order chi connectivity index (χ0) is 20.3. The number of anilines is 1. The second-order valence-electron chi connectivity index (χ2n) is 6.49. The maximum absolute atomic E-state index is 12.3. The molecule has 1 N–H and O–H groups in total. The number of methoxy groups -OCH3 is 1. The van der Waals surface area contributed by atoms with Crippen LogP contribution in [0, 0.1) is 0 Å². The van der Waals surface area contributed by atoms with E-state index in [0.29, 0.717) is 22.2 Å². The molecule has 0 aliphatic carbocycles. The fraction of sp³-hybridized carbons (Fsp3) is 0.238. The molecular weight excluding hydrogens is 399 g/mol. The van der Waals surface area contributed by atoms with E-state index in [1.165, 1.54) is 13.2 Å². The molecule has 0 spiro atoms. The lowest BCUT2D eigenvalue weighted by Gasteiger charge is -2.17. The molecule has 1 aliphatic heterocycles. The van der Waals surface area contributed by atoms with Crippen molar-refractivity contribution in [3.63, 3.8) is 0 Å². The van der Waals surface area contributed by atoms with Gasteiger partial charge in [0.2, 0.25) is 5.91 Å². The van der Waals surface area contributed by atoms with E-state index in [4.69, 9.17) is 27.9 Å². The minimum Gasteiger partial charge on any atom is -0.452 e. The van der Waals surface area contributed by atoms with Gasteiger partial charge in [-0.25, -0.2) is 4.79 Å². The van der Waals surface area contributed by atoms with Gasteiger partial charge in [0, 0.05) is 22.7 Å². The Morgan fingerprint density at radius 1 is 1.21 bits per heavy atom. The molecule has 1 atom stereocenters. The monoisotopic (exact) mass is 418 g/mol. The van der Waals surface area contributed by atoms with Crippen LogP contribution >= 0.6 is 23.2 Å². The van der Waals surface area contributed by atoms with Crippen LogP contribution in [-0.4, -0.2) is 25.7 Å². The Hall–Kier alpha value is -2.50. The Bertz CT molecular complexity index is 943. The summed E-state index contributed by atoms with van der Waals surface area (Å²) < 4.78 is 4.81. The summed E-state index contributed by atoms with van der Waals surface area (Å²) in [6, 6.07) is 10.7. The van der Waals surface area contributed by atoms with E-state index in [2.05, 4.69) is 5.32 Å². The van der Waals surface area contributed by atoms with Crippen molar-refractivity contribution < 1.29 is 14.3 Å². The summed E-state index contributed by atoms with van der Waals surface area (Å²) in [6.45, 7) is 2.51. The Kier molecular flexibility index (Phi) is 6.27. The molecule has 0 aromatic heterocycles. The molecule has 0 bridgehead atoms. The third kappa shape index (κ3) is 4.49. The van der Waals surface area contributed by atoms with Crippen molar-refractivity contribution in [3.8, 4) is 0 Å². The molecule has 2 aromatic carbocycles. The number of amides is 2. The summed E-state index contributed by atoms with van der Waals surface area (Å²) in [5.41, 5.74) is 3.60. The van der Waals surface area contributed by atoms with Gasteiger partial charge in [-0.3, -0.25) is 9.69 Å². The van der Waals surface area contributed by atoms with Gasteiger partial charge < -0.3 is 10.1 Å². The van der Waals surface area contributed by atoms with Crippen LogP contribution in [0.1, 0.15) is 29.7 Å². The second-order valence-corrected chi connectivity index (χ2v) is 7.33. The van der Waals surface area contributed by atoms with Crippen molar-refractivity contribution in [2.45, 2.75) is 19.4 Å². The highest BCUT2D eigenvalue weighted by Gasteiger charge is 2.25. The molecule has 0 saturated heterocycles. The van der Waals surface area contributed by atoms with Crippen LogP contribution in [0.4, 0.5) is 10.5 Å². The maximum Gasteiger partial charge on any atom is 0.414 e. The third-order valence-corrected chi connectivity index (χ3v) is 5.19. The van der Waals surface area contributed by atoms with Gasteiger partial charge in [0.15, 0.2) is 0 Å². The van der Waals surface area contributed by atoms with Gasteiger partial charge in [0.05, 0.1) is 18.8 Å². The molecule has 0 fully saturated rings. The average Bonchev–Trinajstić information content (AvgIpc) is 3.09. The number of rotatable bonds is 4. The van der Waals surface area contributed by atoms with E-state index in [1.807, 2.05) is 25.1 Å². The first-order valence-electron chi connectivity index (χ1n) is 8.81. The SMILES string of the molecule is COC(=O)N1CCc2cc(C(C)NC(=O)C=Cc3ccc(Cl)cc3Cl)ccc21. The van der Waals surface area contributed by atoms with E-state index < -0.39 is 0 Å². The highest BCUT2D eigenvalue weighted by atomic mass is 35.5. The number of fused-ring (bicyclic) bond motifs is 1. The predicted molar refractivity (Wildman–Crippen MR) is 112 cm³/mol. The number of nitrogens with zero attached hydrogens (tertiary/aromatic N) is 1. The molecule has 3 rings (SSSR count). The van der Waals surface area contributed by atoms with Crippen molar-refractivity contribution in [2.24, 2.45) is 0 Å². The van der Waals surface area contributed by atoms with E-state index >= 15 is 0 Å². The van der Waals surface area contributed by atoms with Crippen LogP contribution in [0.2, 0.25) is 10.0 Å². The minimum absolute atomic E-state index is 0.185. The number of carbonyl (C=O) groups excluding carboxylic acids is 2.